The maximum absolute atomic E-state index is 12.8. The first-order valence-corrected chi connectivity index (χ1v) is 22.8. The minimum Gasteiger partial charge on any atom is -0.480 e. The second kappa shape index (κ2) is 44.1. The smallest absolute Gasteiger partial charge is 0.328 e. The van der Waals surface area contributed by atoms with Gasteiger partial charge in [-0.15, -0.1) is 0 Å². The van der Waals surface area contributed by atoms with Crippen molar-refractivity contribution in [3.8, 4) is 0 Å². The van der Waals surface area contributed by atoms with Crippen LogP contribution in [-0.2, 0) is 23.9 Å². The van der Waals surface area contributed by atoms with Crippen LogP contribution in [0.3, 0.4) is 0 Å². The zero-order chi connectivity index (χ0) is 44.0. The number of ether oxygens (including phenoxy) is 1. The fourth-order valence-electron chi connectivity index (χ4n) is 5.85. The molecule has 0 aromatic rings. The lowest BCUT2D eigenvalue weighted by Crippen LogP contribution is -2.47. The van der Waals surface area contributed by atoms with E-state index in [2.05, 4.69) is 134 Å². The normalized spacial score (nSPS) is 13.5. The van der Waals surface area contributed by atoms with Gasteiger partial charge in [0.2, 0.25) is 11.8 Å². The van der Waals surface area contributed by atoms with E-state index >= 15 is 0 Å². The van der Waals surface area contributed by atoms with E-state index in [0.717, 1.165) is 128 Å². The summed E-state index contributed by atoms with van der Waals surface area (Å²) in [7, 11) is 0. The molecule has 0 bridgehead atoms. The van der Waals surface area contributed by atoms with Gasteiger partial charge >= 0.3 is 11.9 Å². The fourth-order valence-corrected chi connectivity index (χ4v) is 5.85. The lowest BCUT2D eigenvalue weighted by Gasteiger charge is -2.17. The van der Waals surface area contributed by atoms with Crippen molar-refractivity contribution in [1.29, 1.82) is 0 Å². The van der Waals surface area contributed by atoms with Crippen molar-refractivity contribution in [3.63, 3.8) is 0 Å². The maximum Gasteiger partial charge on any atom is 0.328 e. The van der Waals surface area contributed by atoms with Crippen molar-refractivity contribution >= 4 is 23.8 Å². The van der Waals surface area contributed by atoms with Gasteiger partial charge < -0.3 is 25.6 Å². The molecule has 9 nitrogen and oxygen atoms in total. The van der Waals surface area contributed by atoms with Gasteiger partial charge in [-0.25, -0.2) is 4.79 Å². The zero-order valence-corrected chi connectivity index (χ0v) is 37.2. The summed E-state index contributed by atoms with van der Waals surface area (Å²) >= 11 is 0. The van der Waals surface area contributed by atoms with Crippen molar-refractivity contribution in [3.05, 3.63) is 109 Å². The molecule has 0 aliphatic heterocycles. The number of hydrogen-bond acceptors (Lipinski definition) is 6. The third kappa shape index (κ3) is 40.3. The molecule has 0 heterocycles. The molecular weight excluding hydrogens is 753 g/mol. The Morgan fingerprint density at radius 1 is 0.500 bits per heavy atom. The number of rotatable bonds is 39. The van der Waals surface area contributed by atoms with Gasteiger partial charge in [-0.05, 0) is 109 Å². The van der Waals surface area contributed by atoms with Crippen molar-refractivity contribution in [2.24, 2.45) is 0 Å². The lowest BCUT2D eigenvalue weighted by molar-refractivity contribution is -0.150. The summed E-state index contributed by atoms with van der Waals surface area (Å²) < 4.78 is 5.98. The van der Waals surface area contributed by atoms with E-state index < -0.39 is 24.5 Å². The summed E-state index contributed by atoms with van der Waals surface area (Å²) in [5.41, 5.74) is 0. The van der Waals surface area contributed by atoms with Gasteiger partial charge in [0, 0.05) is 12.8 Å². The number of esters is 1. The number of allylic oxidation sites excluding steroid dienone is 18. The highest BCUT2D eigenvalue weighted by Crippen LogP contribution is 2.17. The van der Waals surface area contributed by atoms with Crippen LogP contribution in [0.5, 0.6) is 0 Å². The second-order valence-corrected chi connectivity index (χ2v) is 14.7. The average Bonchev–Trinajstić information content (AvgIpc) is 3.23. The number of aliphatic carboxylic acids is 1. The van der Waals surface area contributed by atoms with Crippen LogP contribution >= 0.6 is 0 Å². The Labute approximate surface area is 363 Å². The Morgan fingerprint density at radius 2 is 0.933 bits per heavy atom. The highest BCUT2D eigenvalue weighted by atomic mass is 16.5. The second-order valence-electron chi connectivity index (χ2n) is 14.7. The van der Waals surface area contributed by atoms with Crippen molar-refractivity contribution in [1.82, 2.24) is 10.6 Å². The first kappa shape index (κ1) is 55.5. The van der Waals surface area contributed by atoms with Crippen LogP contribution in [0.15, 0.2) is 109 Å². The number of nitrogens with one attached hydrogen (secondary N) is 2. The number of aliphatic hydroxyl groups is 1. The summed E-state index contributed by atoms with van der Waals surface area (Å²) in [6.07, 6.45) is 59.7. The molecule has 0 saturated carbocycles. The number of amides is 2. The molecular formula is C51H80N2O7. The van der Waals surface area contributed by atoms with Gasteiger partial charge in [0.15, 0.2) is 0 Å². The van der Waals surface area contributed by atoms with Crippen LogP contribution < -0.4 is 10.6 Å². The molecule has 2 unspecified atom stereocenters. The van der Waals surface area contributed by atoms with Crippen LogP contribution in [0.2, 0.25) is 0 Å². The molecule has 0 spiro atoms. The van der Waals surface area contributed by atoms with Gasteiger partial charge in [-0.2, -0.15) is 0 Å². The predicted octanol–water partition coefficient (Wildman–Crippen LogP) is 11.6. The Balaban J connectivity index is 4.50. The summed E-state index contributed by atoms with van der Waals surface area (Å²) in [4.78, 5) is 47.7. The van der Waals surface area contributed by atoms with Crippen LogP contribution in [-0.4, -0.2) is 59.3 Å². The number of carbonyl (C=O) groups excluding carboxylic acids is 3. The van der Waals surface area contributed by atoms with Gasteiger partial charge in [0.25, 0.3) is 0 Å². The Bertz CT molecular complexity index is 1370. The molecule has 0 saturated heterocycles. The Morgan fingerprint density at radius 3 is 1.43 bits per heavy atom. The third-order valence-electron chi connectivity index (χ3n) is 9.27. The SMILES string of the molecule is CC/C=C\C/C=C\C/C=C\C/C=C\C/C=C\CCCCCC(=O)OC(CC/C=C\C/C=C\C/C=C\C/C=C\CC)CCCCCCCC(=O)NCC(=O)NC(CO)C(=O)O. The molecule has 9 heteroatoms. The number of carboxylic acid groups (broad SMARTS) is 1. The zero-order valence-electron chi connectivity index (χ0n) is 37.2. The van der Waals surface area contributed by atoms with E-state index in [-0.39, 0.29) is 30.9 Å². The van der Waals surface area contributed by atoms with Crippen LogP contribution in [0, 0.1) is 0 Å². The highest BCUT2D eigenvalue weighted by Gasteiger charge is 2.19. The molecule has 4 N–H and O–H groups in total. The van der Waals surface area contributed by atoms with Crippen molar-refractivity contribution in [2.75, 3.05) is 13.2 Å². The Hall–Kier alpha value is -4.50. The topological polar surface area (TPSA) is 142 Å². The molecule has 336 valence electrons. The molecule has 2 amide bonds. The van der Waals surface area contributed by atoms with Crippen LogP contribution in [0.1, 0.15) is 162 Å². The summed E-state index contributed by atoms with van der Waals surface area (Å²) in [6.45, 7) is 3.22. The summed E-state index contributed by atoms with van der Waals surface area (Å²) in [5, 5.41) is 22.6. The molecule has 0 aromatic heterocycles. The van der Waals surface area contributed by atoms with Gasteiger partial charge in [-0.1, -0.05) is 149 Å². The number of carbonyl (C=O) groups is 4. The van der Waals surface area contributed by atoms with E-state index in [4.69, 9.17) is 14.9 Å². The minimum absolute atomic E-state index is 0.116. The van der Waals surface area contributed by atoms with Gasteiger partial charge in [-0.3, -0.25) is 14.4 Å². The number of aliphatic hydroxyl groups excluding tert-OH is 1. The largest absolute Gasteiger partial charge is 0.480 e. The number of hydrogen-bond donors (Lipinski definition) is 4. The summed E-state index contributed by atoms with van der Waals surface area (Å²) in [6, 6.07) is -1.39. The van der Waals surface area contributed by atoms with E-state index in [9.17, 15) is 19.2 Å². The highest BCUT2D eigenvalue weighted by molar-refractivity contribution is 5.87. The standard InChI is InChI=1S/C51H80N2O7/c1-3-5-7-9-11-13-15-17-18-19-20-21-22-24-26-28-30-35-39-43-50(57)60-46(40-36-32-29-27-25-23-16-14-12-10-8-6-4-2)41-37-33-31-34-38-42-48(55)52-44-49(56)53-47(45-54)51(58)59/h5-8,11-14,17-18,20-21,23-26,29,32,46-47,54H,3-4,9-10,15-16,19,22,27-28,30-31,33-45H2,1-2H3,(H,52,55)(H,53,56)(H,58,59)/b7-5-,8-6-,13-11-,14-12-,18-17-,21-20-,25-23-,26-24-,32-29-. The van der Waals surface area contributed by atoms with E-state index in [1.165, 1.54) is 0 Å². The molecule has 0 rings (SSSR count). The first-order chi connectivity index (χ1) is 29.3. The van der Waals surface area contributed by atoms with E-state index in [1.807, 2.05) is 0 Å². The molecule has 0 aromatic carbocycles. The molecule has 0 fully saturated rings. The van der Waals surface area contributed by atoms with Crippen LogP contribution in [0.25, 0.3) is 0 Å². The van der Waals surface area contributed by atoms with Crippen LogP contribution in [0.4, 0.5) is 0 Å². The Kier molecular flexibility index (Phi) is 40.8. The predicted molar refractivity (Wildman–Crippen MR) is 249 cm³/mol. The quantitative estimate of drug-likeness (QED) is 0.0274. The average molecular weight is 833 g/mol. The molecule has 0 radical (unpaired) electrons. The van der Waals surface area contributed by atoms with Gasteiger partial charge in [0.1, 0.15) is 12.1 Å². The third-order valence-corrected chi connectivity index (χ3v) is 9.27. The molecule has 60 heavy (non-hydrogen) atoms. The number of carboxylic acids is 1. The van der Waals surface area contributed by atoms with Crippen molar-refractivity contribution < 1.29 is 34.1 Å². The molecule has 2 atom stereocenters. The van der Waals surface area contributed by atoms with E-state index in [1.54, 1.807) is 0 Å². The lowest BCUT2D eigenvalue weighted by atomic mass is 10.0. The number of unbranched alkanes of at least 4 members (excludes halogenated alkanes) is 7. The molecule has 0 aliphatic rings. The fraction of sp³-hybridized carbons (Fsp3) is 0.569. The van der Waals surface area contributed by atoms with Gasteiger partial charge in [0.05, 0.1) is 13.2 Å². The monoisotopic (exact) mass is 833 g/mol. The minimum atomic E-state index is -1.39. The van der Waals surface area contributed by atoms with E-state index in [0.29, 0.717) is 12.8 Å². The molecule has 0 aliphatic carbocycles. The maximum atomic E-state index is 12.8. The van der Waals surface area contributed by atoms with Crippen molar-refractivity contribution in [2.45, 2.75) is 174 Å². The summed E-state index contributed by atoms with van der Waals surface area (Å²) in [5.74, 6) is -2.40. The first-order valence-electron chi connectivity index (χ1n) is 22.8.